The summed E-state index contributed by atoms with van der Waals surface area (Å²) in [6.07, 6.45) is -4.68. The van der Waals surface area contributed by atoms with Gasteiger partial charge in [0.05, 0.1) is 16.8 Å². The Hall–Kier alpha value is -2.91. The molecular formula is C18H16F5N3O2. The maximum atomic E-state index is 14.0. The average molecular weight is 401 g/mol. The summed E-state index contributed by atoms with van der Waals surface area (Å²) in [5, 5.41) is 2.30. The molecule has 1 heterocycles. The molecule has 0 aliphatic heterocycles. The lowest BCUT2D eigenvalue weighted by molar-refractivity contribution is 0.0648. The molecule has 0 spiro atoms. The Morgan fingerprint density at radius 2 is 1.93 bits per heavy atom. The number of nitrogens with two attached hydrogens (primary N) is 1. The molecule has 0 saturated heterocycles. The molecule has 0 unspecified atom stereocenters. The summed E-state index contributed by atoms with van der Waals surface area (Å²) in [4.78, 5) is 24.4. The number of aromatic nitrogens is 1. The zero-order chi connectivity index (χ0) is 20.6. The van der Waals surface area contributed by atoms with Crippen LogP contribution in [0.3, 0.4) is 0 Å². The molecule has 10 heteroatoms. The number of nitrogen functional groups attached to an aromatic ring is 1. The maximum Gasteiger partial charge on any atom is 0.266 e. The van der Waals surface area contributed by atoms with Gasteiger partial charge in [-0.2, -0.15) is 0 Å². The van der Waals surface area contributed by atoms with E-state index in [1.807, 2.05) is 0 Å². The molecular weight excluding hydrogens is 385 g/mol. The molecule has 28 heavy (non-hydrogen) atoms. The van der Waals surface area contributed by atoms with Crippen molar-refractivity contribution in [2.24, 2.45) is 0 Å². The van der Waals surface area contributed by atoms with Crippen molar-refractivity contribution in [1.29, 1.82) is 0 Å². The number of amides is 1. The number of carbonyl (C=O) groups excluding carboxylic acids is 1. The molecule has 1 amide bonds. The van der Waals surface area contributed by atoms with Crippen molar-refractivity contribution in [2.75, 3.05) is 5.73 Å². The van der Waals surface area contributed by atoms with E-state index in [4.69, 9.17) is 5.73 Å². The molecule has 3 rings (SSSR count). The van der Waals surface area contributed by atoms with Gasteiger partial charge < -0.3 is 15.6 Å². The smallest absolute Gasteiger partial charge is 0.266 e. The number of alkyl halides is 4. The molecule has 1 saturated carbocycles. The first kappa shape index (κ1) is 19.8. The fourth-order valence-electron chi connectivity index (χ4n) is 2.95. The van der Waals surface area contributed by atoms with Crippen molar-refractivity contribution in [3.05, 3.63) is 63.3 Å². The topological polar surface area (TPSA) is 77.1 Å². The minimum absolute atomic E-state index is 0.0845. The van der Waals surface area contributed by atoms with E-state index in [0.717, 1.165) is 22.9 Å². The van der Waals surface area contributed by atoms with Crippen molar-refractivity contribution in [1.82, 2.24) is 9.88 Å². The van der Waals surface area contributed by atoms with E-state index in [1.54, 1.807) is 0 Å². The van der Waals surface area contributed by atoms with Gasteiger partial charge in [0.15, 0.2) is 0 Å². The Labute approximate surface area is 156 Å². The van der Waals surface area contributed by atoms with Crippen LogP contribution in [0.2, 0.25) is 0 Å². The normalized spacial score (nSPS) is 15.1. The van der Waals surface area contributed by atoms with Gasteiger partial charge in [-0.3, -0.25) is 9.59 Å². The van der Waals surface area contributed by atoms with Crippen LogP contribution in [0.4, 0.5) is 27.6 Å². The third-order valence-corrected chi connectivity index (χ3v) is 4.76. The largest absolute Gasteiger partial charge is 0.398 e. The Morgan fingerprint density at radius 3 is 2.50 bits per heavy atom. The summed E-state index contributed by atoms with van der Waals surface area (Å²) in [5.74, 6) is -2.00. The number of halogens is 5. The van der Waals surface area contributed by atoms with Gasteiger partial charge >= 0.3 is 0 Å². The first-order valence-electron chi connectivity index (χ1n) is 8.32. The zero-order valence-electron chi connectivity index (χ0n) is 14.4. The number of hydrogen-bond donors (Lipinski definition) is 2. The first-order valence-corrected chi connectivity index (χ1v) is 8.32. The van der Waals surface area contributed by atoms with Crippen molar-refractivity contribution >= 4 is 11.6 Å². The van der Waals surface area contributed by atoms with Gasteiger partial charge in [0.25, 0.3) is 24.3 Å². The van der Waals surface area contributed by atoms with Gasteiger partial charge in [-0.1, -0.05) is 18.2 Å². The number of carbonyl (C=O) groups is 1. The second kappa shape index (κ2) is 7.25. The van der Waals surface area contributed by atoms with Crippen LogP contribution in [0, 0.1) is 5.82 Å². The van der Waals surface area contributed by atoms with Crippen LogP contribution in [0.5, 0.6) is 0 Å². The van der Waals surface area contributed by atoms with Crippen LogP contribution in [0.1, 0.15) is 40.8 Å². The Balaban J connectivity index is 1.84. The highest BCUT2D eigenvalue weighted by atomic mass is 19.3. The van der Waals surface area contributed by atoms with E-state index in [9.17, 15) is 31.5 Å². The summed E-state index contributed by atoms with van der Waals surface area (Å²) in [6, 6.07) is 4.25. The molecule has 150 valence electrons. The molecule has 1 aromatic heterocycles. The lowest BCUT2D eigenvalue weighted by Crippen LogP contribution is -2.37. The van der Waals surface area contributed by atoms with Gasteiger partial charge in [-0.25, -0.2) is 22.0 Å². The molecule has 1 aliphatic rings. The Morgan fingerprint density at radius 1 is 1.25 bits per heavy atom. The van der Waals surface area contributed by atoms with Gasteiger partial charge in [0, 0.05) is 24.4 Å². The van der Waals surface area contributed by atoms with Crippen molar-refractivity contribution in [3.8, 4) is 0 Å². The summed E-state index contributed by atoms with van der Waals surface area (Å²) in [7, 11) is 0. The fraction of sp³-hybridized carbons (Fsp3) is 0.333. The third kappa shape index (κ3) is 3.46. The quantitative estimate of drug-likeness (QED) is 0.730. The van der Waals surface area contributed by atoms with Crippen LogP contribution in [-0.2, 0) is 12.1 Å². The molecule has 5 nitrogen and oxygen atoms in total. The molecule has 2 aromatic rings. The Bertz CT molecular complexity index is 970. The first-order chi connectivity index (χ1) is 13.2. The highest BCUT2D eigenvalue weighted by Gasteiger charge is 2.53. The summed E-state index contributed by atoms with van der Waals surface area (Å²) in [5.41, 5.74) is 1.80. The van der Waals surface area contributed by atoms with Crippen molar-refractivity contribution in [2.45, 2.75) is 37.8 Å². The van der Waals surface area contributed by atoms with E-state index < -0.39 is 47.8 Å². The number of rotatable bonds is 6. The number of pyridine rings is 1. The number of nitrogens with one attached hydrogen (secondary N) is 1. The van der Waals surface area contributed by atoms with Crippen LogP contribution in [0.25, 0.3) is 0 Å². The Kier molecular flexibility index (Phi) is 5.14. The molecule has 0 radical (unpaired) electrons. The fourth-order valence-corrected chi connectivity index (χ4v) is 2.95. The SMILES string of the molecule is Nc1cc(=O)n(C2(C(F)F)CC2)cc1C(=O)NCc1cccc(C(F)F)c1F. The second-order valence-electron chi connectivity index (χ2n) is 6.56. The van der Waals surface area contributed by atoms with Gasteiger partial charge in [-0.05, 0) is 12.8 Å². The summed E-state index contributed by atoms with van der Waals surface area (Å²) >= 11 is 0. The standard InChI is InChI=1S/C18H16F5N3O2/c19-14-9(2-1-3-10(14)15(20)21)7-25-16(28)11-8-26(13(27)6-12(11)24)18(4-5-18)17(22)23/h1-3,6,8,15,17H,4-5,7,24H2,(H,25,28). The van der Waals surface area contributed by atoms with Crippen LogP contribution in [-0.4, -0.2) is 16.9 Å². The lowest BCUT2D eigenvalue weighted by atomic mass is 10.1. The molecule has 1 aliphatic carbocycles. The van der Waals surface area contributed by atoms with E-state index in [0.29, 0.717) is 0 Å². The number of benzene rings is 1. The molecule has 0 atom stereocenters. The van der Waals surface area contributed by atoms with E-state index >= 15 is 0 Å². The van der Waals surface area contributed by atoms with Crippen LogP contribution >= 0.6 is 0 Å². The maximum absolute atomic E-state index is 14.0. The minimum Gasteiger partial charge on any atom is -0.398 e. The van der Waals surface area contributed by atoms with Crippen LogP contribution in [0.15, 0.2) is 35.3 Å². The van der Waals surface area contributed by atoms with E-state index in [2.05, 4.69) is 5.32 Å². The van der Waals surface area contributed by atoms with Gasteiger partial charge in [0.2, 0.25) is 0 Å². The summed E-state index contributed by atoms with van der Waals surface area (Å²) in [6.45, 7) is -0.427. The van der Waals surface area contributed by atoms with Gasteiger partial charge in [-0.15, -0.1) is 0 Å². The van der Waals surface area contributed by atoms with E-state index in [1.165, 1.54) is 12.1 Å². The third-order valence-electron chi connectivity index (χ3n) is 4.76. The highest BCUT2D eigenvalue weighted by Crippen LogP contribution is 2.47. The minimum atomic E-state index is -3.01. The van der Waals surface area contributed by atoms with Crippen LogP contribution < -0.4 is 16.6 Å². The molecule has 3 N–H and O–H groups in total. The summed E-state index contributed by atoms with van der Waals surface area (Å²) < 4.78 is 66.9. The molecule has 1 fully saturated rings. The predicted molar refractivity (Wildman–Crippen MR) is 90.9 cm³/mol. The lowest BCUT2D eigenvalue weighted by Gasteiger charge is -2.19. The van der Waals surface area contributed by atoms with Crippen molar-refractivity contribution < 1.29 is 26.7 Å². The van der Waals surface area contributed by atoms with E-state index in [-0.39, 0.29) is 29.7 Å². The molecule has 1 aromatic carbocycles. The monoisotopic (exact) mass is 401 g/mol. The zero-order valence-corrected chi connectivity index (χ0v) is 14.4. The van der Waals surface area contributed by atoms with Crippen molar-refractivity contribution in [3.63, 3.8) is 0 Å². The highest BCUT2D eigenvalue weighted by molar-refractivity contribution is 5.98. The molecule has 0 bridgehead atoms. The van der Waals surface area contributed by atoms with Gasteiger partial charge in [0.1, 0.15) is 11.4 Å². The second-order valence-corrected chi connectivity index (χ2v) is 6.56. The average Bonchev–Trinajstić information content (AvgIpc) is 3.42. The predicted octanol–water partition coefficient (Wildman–Crippen LogP) is 3.19. The number of nitrogens with zero attached hydrogens (tertiary/aromatic N) is 1. The number of anilines is 1. The number of hydrogen-bond acceptors (Lipinski definition) is 3.